The Kier molecular flexibility index (Phi) is 11.2. The first-order valence-corrected chi connectivity index (χ1v) is 11.5. The zero-order chi connectivity index (χ0) is 22.5. The van der Waals surface area contributed by atoms with E-state index in [1.165, 1.54) is 0 Å². The lowest BCUT2D eigenvalue weighted by Gasteiger charge is -2.18. The molecule has 2 unspecified atom stereocenters. The van der Waals surface area contributed by atoms with Crippen LogP contribution in [0.1, 0.15) is 68.6 Å². The summed E-state index contributed by atoms with van der Waals surface area (Å²) in [4.78, 5) is 35.5. The molecule has 0 radical (unpaired) electrons. The van der Waals surface area contributed by atoms with E-state index in [1.54, 1.807) is 13.1 Å². The first-order valence-electron chi connectivity index (χ1n) is 11.5. The molecule has 170 valence electrons. The highest BCUT2D eigenvalue weighted by molar-refractivity contribution is 6.04. The van der Waals surface area contributed by atoms with E-state index in [4.69, 9.17) is 0 Å². The van der Waals surface area contributed by atoms with Gasteiger partial charge in [-0.3, -0.25) is 9.59 Å². The number of nitrogens with one attached hydrogen (secondary N) is 3. The predicted molar refractivity (Wildman–Crippen MR) is 124 cm³/mol. The topological polar surface area (TPSA) is 87.3 Å². The van der Waals surface area contributed by atoms with Crippen LogP contribution in [-0.4, -0.2) is 49.2 Å². The second-order valence-electron chi connectivity index (χ2n) is 8.29. The summed E-state index contributed by atoms with van der Waals surface area (Å²) >= 11 is 0. The summed E-state index contributed by atoms with van der Waals surface area (Å²) < 4.78 is 0. The number of unbranched alkanes of at least 4 members (excludes halogenated alkanes) is 1. The first-order chi connectivity index (χ1) is 15.1. The van der Waals surface area contributed by atoms with E-state index in [9.17, 15) is 14.4 Å². The van der Waals surface area contributed by atoms with Gasteiger partial charge in [-0.2, -0.15) is 0 Å². The monoisotopic (exact) mass is 427 g/mol. The largest absolute Gasteiger partial charge is 0.345 e. The van der Waals surface area contributed by atoms with E-state index in [2.05, 4.69) is 16.0 Å². The van der Waals surface area contributed by atoms with Crippen LogP contribution in [0.25, 0.3) is 0 Å². The van der Waals surface area contributed by atoms with Gasteiger partial charge in [-0.05, 0) is 51.6 Å². The van der Waals surface area contributed by atoms with Gasteiger partial charge in [0.05, 0.1) is 12.1 Å². The third-order valence-electron chi connectivity index (χ3n) is 5.97. The number of carbonyl (C=O) groups is 3. The van der Waals surface area contributed by atoms with Crippen molar-refractivity contribution in [2.24, 2.45) is 0 Å². The van der Waals surface area contributed by atoms with Crippen LogP contribution in [0, 0.1) is 0 Å². The number of carbonyl (C=O) groups excluding carboxylic acids is 3. The smallest absolute Gasteiger partial charge is 0.237 e. The van der Waals surface area contributed by atoms with E-state index in [0.29, 0.717) is 24.9 Å². The molecular weight excluding hydrogens is 390 g/mol. The lowest BCUT2D eigenvalue weighted by molar-refractivity contribution is -0.125. The van der Waals surface area contributed by atoms with Gasteiger partial charge in [0, 0.05) is 17.6 Å². The average molecular weight is 428 g/mol. The van der Waals surface area contributed by atoms with Crippen molar-refractivity contribution in [2.45, 2.75) is 82.5 Å². The SMILES string of the molecule is CCC(NC)C(=O)N[C@H](C=O)CCCCC1CC[C@@H](C/C=C/C(=O)c2ccccc2)N1. The number of rotatable bonds is 14. The molecule has 0 saturated carbocycles. The van der Waals surface area contributed by atoms with Crippen molar-refractivity contribution in [2.75, 3.05) is 7.05 Å². The number of ketones is 1. The lowest BCUT2D eigenvalue weighted by atomic mass is 10.0. The van der Waals surface area contributed by atoms with Gasteiger partial charge in [-0.25, -0.2) is 0 Å². The molecule has 31 heavy (non-hydrogen) atoms. The number of allylic oxidation sites excluding steroid dienone is 1. The van der Waals surface area contributed by atoms with Gasteiger partial charge in [-0.15, -0.1) is 0 Å². The van der Waals surface area contributed by atoms with Crippen molar-refractivity contribution in [3.63, 3.8) is 0 Å². The number of benzene rings is 1. The molecule has 4 atom stereocenters. The number of amides is 1. The van der Waals surface area contributed by atoms with Gasteiger partial charge < -0.3 is 20.7 Å². The van der Waals surface area contributed by atoms with Crippen LogP contribution in [0.2, 0.25) is 0 Å². The van der Waals surface area contributed by atoms with Crippen LogP contribution in [0.4, 0.5) is 0 Å². The van der Waals surface area contributed by atoms with Crippen molar-refractivity contribution in [3.05, 3.63) is 48.0 Å². The molecule has 0 aromatic heterocycles. The van der Waals surface area contributed by atoms with Crippen molar-refractivity contribution in [3.8, 4) is 0 Å². The second-order valence-corrected chi connectivity index (χ2v) is 8.29. The van der Waals surface area contributed by atoms with Gasteiger partial charge in [-0.1, -0.05) is 56.2 Å². The number of likely N-dealkylation sites (N-methyl/N-ethyl adjacent to an activating group) is 1. The predicted octanol–water partition coefficient (Wildman–Crippen LogP) is 3.18. The summed E-state index contributed by atoms with van der Waals surface area (Å²) in [6.07, 6.45) is 12.0. The fourth-order valence-electron chi connectivity index (χ4n) is 4.09. The minimum atomic E-state index is -0.411. The Hall–Kier alpha value is -2.31. The van der Waals surface area contributed by atoms with Crippen molar-refractivity contribution >= 4 is 18.0 Å². The zero-order valence-electron chi connectivity index (χ0n) is 18.8. The minimum Gasteiger partial charge on any atom is -0.345 e. The Morgan fingerprint density at radius 1 is 1.16 bits per heavy atom. The third-order valence-corrected chi connectivity index (χ3v) is 5.97. The summed E-state index contributed by atoms with van der Waals surface area (Å²) in [6.45, 7) is 1.94. The number of hydrogen-bond acceptors (Lipinski definition) is 5. The standard InChI is InChI=1S/C25H37N3O3/c1-3-23(26-2)25(31)28-22(18-29)13-8-7-12-20-16-17-21(27-20)14-9-15-24(30)19-10-5-4-6-11-19/h4-6,9-11,15,18,20-23,26-27H,3,7-8,12-14,16-17H2,1-2H3,(H,28,31)/b15-9+/t20?,21-,22+,23?/m1/s1. The van der Waals surface area contributed by atoms with Gasteiger partial charge in [0.15, 0.2) is 5.78 Å². The highest BCUT2D eigenvalue weighted by atomic mass is 16.2. The average Bonchev–Trinajstić information content (AvgIpc) is 3.24. The maximum Gasteiger partial charge on any atom is 0.237 e. The van der Waals surface area contributed by atoms with E-state index in [0.717, 1.165) is 50.4 Å². The molecule has 3 N–H and O–H groups in total. The summed E-state index contributed by atoms with van der Waals surface area (Å²) in [5, 5.41) is 9.45. The van der Waals surface area contributed by atoms with E-state index in [-0.39, 0.29) is 17.7 Å². The Morgan fingerprint density at radius 3 is 2.58 bits per heavy atom. The Bertz CT molecular complexity index is 716. The maximum atomic E-state index is 12.1. The van der Waals surface area contributed by atoms with Gasteiger partial charge >= 0.3 is 0 Å². The molecule has 0 bridgehead atoms. The fraction of sp³-hybridized carbons (Fsp3) is 0.560. The molecule has 1 amide bonds. The summed E-state index contributed by atoms with van der Waals surface area (Å²) in [5.74, 6) is -0.0619. The molecular formula is C25H37N3O3. The quantitative estimate of drug-likeness (QED) is 0.184. The third kappa shape index (κ3) is 8.75. The molecule has 1 heterocycles. The number of hydrogen-bond donors (Lipinski definition) is 3. The van der Waals surface area contributed by atoms with E-state index < -0.39 is 6.04 Å². The first kappa shape index (κ1) is 25.0. The summed E-state index contributed by atoms with van der Waals surface area (Å²) in [7, 11) is 1.75. The van der Waals surface area contributed by atoms with Gasteiger partial charge in [0.2, 0.25) is 5.91 Å². The molecule has 1 fully saturated rings. The van der Waals surface area contributed by atoms with E-state index in [1.807, 2.05) is 43.3 Å². The van der Waals surface area contributed by atoms with Crippen LogP contribution >= 0.6 is 0 Å². The van der Waals surface area contributed by atoms with Crippen molar-refractivity contribution in [1.29, 1.82) is 0 Å². The highest BCUT2D eigenvalue weighted by Gasteiger charge is 2.22. The Morgan fingerprint density at radius 2 is 1.90 bits per heavy atom. The molecule has 1 aromatic rings. The molecule has 1 saturated heterocycles. The maximum absolute atomic E-state index is 12.1. The molecule has 1 aliphatic rings. The Labute approximate surface area is 186 Å². The van der Waals surface area contributed by atoms with Gasteiger partial charge in [0.25, 0.3) is 0 Å². The van der Waals surface area contributed by atoms with Crippen molar-refractivity contribution in [1.82, 2.24) is 16.0 Å². The summed E-state index contributed by atoms with van der Waals surface area (Å²) in [5.41, 5.74) is 0.719. The van der Waals surface area contributed by atoms with E-state index >= 15 is 0 Å². The normalized spacial score (nSPS) is 20.5. The second kappa shape index (κ2) is 13.9. The molecule has 2 rings (SSSR count). The van der Waals surface area contributed by atoms with Crippen LogP contribution in [0.15, 0.2) is 42.5 Å². The van der Waals surface area contributed by atoms with Crippen LogP contribution in [0.3, 0.4) is 0 Å². The minimum absolute atomic E-state index is 0.0481. The van der Waals surface area contributed by atoms with Crippen LogP contribution in [-0.2, 0) is 9.59 Å². The lowest BCUT2D eigenvalue weighted by Crippen LogP contribution is -2.47. The zero-order valence-corrected chi connectivity index (χ0v) is 18.8. The van der Waals surface area contributed by atoms with Crippen LogP contribution in [0.5, 0.6) is 0 Å². The molecule has 6 heteroatoms. The van der Waals surface area contributed by atoms with Crippen molar-refractivity contribution < 1.29 is 14.4 Å². The van der Waals surface area contributed by atoms with Crippen LogP contribution < -0.4 is 16.0 Å². The summed E-state index contributed by atoms with van der Waals surface area (Å²) in [6, 6.07) is 9.56. The number of aldehydes is 1. The fourth-order valence-corrected chi connectivity index (χ4v) is 4.09. The molecule has 0 spiro atoms. The Balaban J connectivity index is 1.61. The van der Waals surface area contributed by atoms with Gasteiger partial charge in [0.1, 0.15) is 6.29 Å². The highest BCUT2D eigenvalue weighted by Crippen LogP contribution is 2.20. The molecule has 1 aliphatic heterocycles. The molecule has 0 aliphatic carbocycles. The molecule has 6 nitrogen and oxygen atoms in total. The molecule has 1 aromatic carbocycles.